The van der Waals surface area contributed by atoms with Crippen molar-refractivity contribution < 1.29 is 23.8 Å². The number of fused-ring (bicyclic) bond motifs is 2. The van der Waals surface area contributed by atoms with E-state index in [4.69, 9.17) is 14.2 Å². The molecule has 2 amide bonds. The number of benzene rings is 3. The number of carbonyl (C=O) groups excluding carboxylic acids is 2. The first-order chi connectivity index (χ1) is 15.1. The highest BCUT2D eigenvalue weighted by atomic mass is 16.7. The summed E-state index contributed by atoms with van der Waals surface area (Å²) in [6.07, 6.45) is 0. The Hall–Kier alpha value is -4.00. The molecule has 0 radical (unpaired) electrons. The number of anilines is 2. The van der Waals surface area contributed by atoms with Crippen LogP contribution in [-0.4, -0.2) is 25.2 Å². The topological polar surface area (TPSA) is 77.1 Å². The Bertz CT molecular complexity index is 1190. The number of hydrogen-bond donors (Lipinski definition) is 1. The summed E-state index contributed by atoms with van der Waals surface area (Å²) in [4.78, 5) is 27.1. The molecule has 31 heavy (non-hydrogen) atoms. The van der Waals surface area contributed by atoms with Gasteiger partial charge in [-0.15, -0.1) is 0 Å². The Kier molecular flexibility index (Phi) is 4.71. The lowest BCUT2D eigenvalue weighted by molar-refractivity contribution is -0.121. The molecule has 7 nitrogen and oxygen atoms in total. The van der Waals surface area contributed by atoms with Crippen LogP contribution in [0, 0.1) is 6.92 Å². The minimum atomic E-state index is -0.285. The zero-order chi connectivity index (χ0) is 21.4. The fraction of sp³-hybridized carbons (Fsp3) is 0.167. The molecule has 5 rings (SSSR count). The maximum Gasteiger partial charge on any atom is 0.265 e. The van der Waals surface area contributed by atoms with E-state index in [1.54, 1.807) is 41.3 Å². The standard InChI is InChI=1S/C24H20N2O5/c1-15-4-2-3-5-17(15)12-26-19-11-18(7-9-20(19)29-13-23(26)27)25-24(28)16-6-8-21-22(10-16)31-14-30-21/h2-11H,12-14H2,1H3,(H,25,28). The number of carbonyl (C=O) groups is 2. The van der Waals surface area contributed by atoms with Gasteiger partial charge in [-0.25, -0.2) is 0 Å². The Morgan fingerprint density at radius 2 is 1.77 bits per heavy atom. The van der Waals surface area contributed by atoms with Crippen molar-refractivity contribution in [1.82, 2.24) is 0 Å². The average molecular weight is 416 g/mol. The normalized spacial score (nSPS) is 14.1. The number of nitrogens with one attached hydrogen (secondary N) is 1. The summed E-state index contributed by atoms with van der Waals surface area (Å²) in [7, 11) is 0. The van der Waals surface area contributed by atoms with E-state index in [9.17, 15) is 9.59 Å². The van der Waals surface area contributed by atoms with Crippen molar-refractivity contribution in [2.45, 2.75) is 13.5 Å². The second-order valence-corrected chi connectivity index (χ2v) is 7.40. The van der Waals surface area contributed by atoms with Crippen LogP contribution in [0.4, 0.5) is 11.4 Å². The summed E-state index contributed by atoms with van der Waals surface area (Å²) in [5.74, 6) is 1.35. The zero-order valence-corrected chi connectivity index (χ0v) is 16.9. The van der Waals surface area contributed by atoms with Gasteiger partial charge in [-0.2, -0.15) is 0 Å². The van der Waals surface area contributed by atoms with Crippen LogP contribution < -0.4 is 24.4 Å². The highest BCUT2D eigenvalue weighted by Crippen LogP contribution is 2.36. The third-order valence-corrected chi connectivity index (χ3v) is 5.38. The molecule has 0 atom stereocenters. The number of nitrogens with zero attached hydrogens (tertiary/aromatic N) is 1. The predicted molar refractivity (Wildman–Crippen MR) is 115 cm³/mol. The first kappa shape index (κ1) is 19.0. The van der Waals surface area contributed by atoms with Crippen LogP contribution in [0.5, 0.6) is 17.2 Å². The van der Waals surface area contributed by atoms with Gasteiger partial charge in [0, 0.05) is 11.3 Å². The molecule has 0 bridgehead atoms. The van der Waals surface area contributed by atoms with Crippen LogP contribution in [0.25, 0.3) is 0 Å². The van der Waals surface area contributed by atoms with Gasteiger partial charge >= 0.3 is 0 Å². The van der Waals surface area contributed by atoms with Gasteiger partial charge in [0.15, 0.2) is 18.1 Å². The van der Waals surface area contributed by atoms with Gasteiger partial charge in [-0.1, -0.05) is 24.3 Å². The van der Waals surface area contributed by atoms with E-state index in [1.807, 2.05) is 31.2 Å². The second-order valence-electron chi connectivity index (χ2n) is 7.40. The Balaban J connectivity index is 1.41. The first-order valence-corrected chi connectivity index (χ1v) is 9.91. The molecule has 0 unspecified atom stereocenters. The zero-order valence-electron chi connectivity index (χ0n) is 16.9. The van der Waals surface area contributed by atoms with Crippen molar-refractivity contribution >= 4 is 23.2 Å². The molecule has 0 fully saturated rings. The summed E-state index contributed by atoms with van der Waals surface area (Å²) >= 11 is 0. The van der Waals surface area contributed by atoms with E-state index in [0.29, 0.717) is 40.7 Å². The SMILES string of the molecule is Cc1ccccc1CN1C(=O)COc2ccc(NC(=O)c3ccc4c(c3)OCO4)cc21. The van der Waals surface area contributed by atoms with Gasteiger partial charge in [0.25, 0.3) is 11.8 Å². The summed E-state index contributed by atoms with van der Waals surface area (Å²) in [6.45, 7) is 2.59. The molecular weight excluding hydrogens is 396 g/mol. The van der Waals surface area contributed by atoms with Crippen LogP contribution in [0.3, 0.4) is 0 Å². The Morgan fingerprint density at radius 1 is 0.968 bits per heavy atom. The number of amides is 2. The number of rotatable bonds is 4. The van der Waals surface area contributed by atoms with Crippen LogP contribution in [0.2, 0.25) is 0 Å². The number of aryl methyl sites for hydroxylation is 1. The second kappa shape index (κ2) is 7.68. The van der Waals surface area contributed by atoms with Crippen molar-refractivity contribution in [3.05, 3.63) is 77.4 Å². The lowest BCUT2D eigenvalue weighted by Gasteiger charge is -2.30. The minimum Gasteiger partial charge on any atom is -0.482 e. The summed E-state index contributed by atoms with van der Waals surface area (Å²) in [6, 6.07) is 18.3. The Morgan fingerprint density at radius 3 is 2.65 bits per heavy atom. The quantitative estimate of drug-likeness (QED) is 0.698. The third-order valence-electron chi connectivity index (χ3n) is 5.38. The molecule has 0 aliphatic carbocycles. The number of hydrogen-bond acceptors (Lipinski definition) is 5. The van der Waals surface area contributed by atoms with Gasteiger partial charge < -0.3 is 24.4 Å². The molecule has 3 aromatic rings. The summed E-state index contributed by atoms with van der Waals surface area (Å²) in [5.41, 5.74) is 3.80. The van der Waals surface area contributed by atoms with Crippen molar-refractivity contribution in [1.29, 1.82) is 0 Å². The molecule has 2 heterocycles. The van der Waals surface area contributed by atoms with E-state index >= 15 is 0 Å². The molecule has 156 valence electrons. The van der Waals surface area contributed by atoms with Crippen molar-refractivity contribution in [2.75, 3.05) is 23.6 Å². The van der Waals surface area contributed by atoms with Crippen LogP contribution in [0.15, 0.2) is 60.7 Å². The van der Waals surface area contributed by atoms with Crippen molar-refractivity contribution in [3.63, 3.8) is 0 Å². The van der Waals surface area contributed by atoms with E-state index in [2.05, 4.69) is 5.32 Å². The first-order valence-electron chi connectivity index (χ1n) is 9.91. The molecule has 0 saturated carbocycles. The van der Waals surface area contributed by atoms with Crippen molar-refractivity contribution in [2.24, 2.45) is 0 Å². The lowest BCUT2D eigenvalue weighted by atomic mass is 10.1. The predicted octanol–water partition coefficient (Wildman–Crippen LogP) is 3.90. The van der Waals surface area contributed by atoms with E-state index in [1.165, 1.54) is 0 Å². The van der Waals surface area contributed by atoms with Gasteiger partial charge in [0.05, 0.1) is 12.2 Å². The van der Waals surface area contributed by atoms with E-state index in [-0.39, 0.29) is 25.2 Å². The molecular formula is C24H20N2O5. The molecule has 7 heteroatoms. The molecule has 1 N–H and O–H groups in total. The highest BCUT2D eigenvalue weighted by Gasteiger charge is 2.26. The monoisotopic (exact) mass is 416 g/mol. The molecule has 0 saturated heterocycles. The van der Waals surface area contributed by atoms with Crippen LogP contribution >= 0.6 is 0 Å². The fourth-order valence-corrected chi connectivity index (χ4v) is 3.65. The van der Waals surface area contributed by atoms with Gasteiger partial charge in [-0.3, -0.25) is 9.59 Å². The van der Waals surface area contributed by atoms with Gasteiger partial charge in [0.2, 0.25) is 6.79 Å². The molecule has 3 aromatic carbocycles. The van der Waals surface area contributed by atoms with E-state index in [0.717, 1.165) is 11.1 Å². The maximum absolute atomic E-state index is 12.7. The van der Waals surface area contributed by atoms with E-state index < -0.39 is 0 Å². The van der Waals surface area contributed by atoms with Gasteiger partial charge in [0.1, 0.15) is 5.75 Å². The number of ether oxygens (including phenoxy) is 3. The Labute approximate surface area is 179 Å². The maximum atomic E-state index is 12.7. The largest absolute Gasteiger partial charge is 0.482 e. The molecule has 0 aromatic heterocycles. The van der Waals surface area contributed by atoms with Crippen molar-refractivity contribution in [3.8, 4) is 17.2 Å². The molecule has 2 aliphatic heterocycles. The minimum absolute atomic E-state index is 0.0121. The highest BCUT2D eigenvalue weighted by molar-refractivity contribution is 6.05. The summed E-state index contributed by atoms with van der Waals surface area (Å²) in [5, 5.41) is 2.88. The average Bonchev–Trinajstić information content (AvgIpc) is 3.25. The molecule has 0 spiro atoms. The lowest BCUT2D eigenvalue weighted by Crippen LogP contribution is -2.38. The fourth-order valence-electron chi connectivity index (χ4n) is 3.65. The summed E-state index contributed by atoms with van der Waals surface area (Å²) < 4.78 is 16.2. The van der Waals surface area contributed by atoms with Crippen LogP contribution in [-0.2, 0) is 11.3 Å². The van der Waals surface area contributed by atoms with Crippen LogP contribution in [0.1, 0.15) is 21.5 Å². The van der Waals surface area contributed by atoms with Gasteiger partial charge in [-0.05, 0) is 54.4 Å². The molecule has 2 aliphatic rings. The third kappa shape index (κ3) is 3.66. The smallest absolute Gasteiger partial charge is 0.265 e.